The first-order chi connectivity index (χ1) is 2.00. The van der Waals surface area contributed by atoms with Gasteiger partial charge in [-0.2, -0.15) is 26.7 Å². The molecule has 0 amide bonds. The van der Waals surface area contributed by atoms with Gasteiger partial charge in [0, 0.05) is 0 Å². The molecule has 0 fully saturated rings. The van der Waals surface area contributed by atoms with Gasteiger partial charge in [-0.05, 0) is 0 Å². The molecule has 0 aromatic heterocycles. The summed E-state index contributed by atoms with van der Waals surface area (Å²) in [6.07, 6.45) is 0. The first-order valence-corrected chi connectivity index (χ1v) is 1.24. The molecule has 0 aromatic rings. The summed E-state index contributed by atoms with van der Waals surface area (Å²) in [5.41, 5.74) is -4.31. The molecule has 6 heavy (non-hydrogen) atoms. The van der Waals surface area contributed by atoms with Crippen molar-refractivity contribution in [3.05, 3.63) is 0 Å². The van der Waals surface area contributed by atoms with Crippen molar-refractivity contribution >= 4 is 26.1 Å². The highest BCUT2D eigenvalue weighted by atomic mass is 32.1. The Morgan fingerprint density at radius 1 is 1.17 bits per heavy atom. The summed E-state index contributed by atoms with van der Waals surface area (Å²) < 4.78 is 30.7. The van der Waals surface area contributed by atoms with Crippen LogP contribution in [0.4, 0.5) is 13.2 Å². The van der Waals surface area contributed by atoms with Crippen LogP contribution in [0.1, 0.15) is 0 Å². The molecule has 0 nitrogen and oxygen atoms in total. The molecule has 0 saturated heterocycles. The average molecular weight is 136 g/mol. The molecule has 0 aliphatic heterocycles. The summed E-state index contributed by atoms with van der Waals surface area (Å²) in [4.78, 5) is 0. The van der Waals surface area contributed by atoms with Gasteiger partial charge in [-0.1, -0.05) is 12.6 Å². The maximum atomic E-state index is 10.2. The fourth-order valence-corrected chi connectivity index (χ4v) is 0. The highest BCUT2D eigenvalue weighted by Crippen LogP contribution is 2.17. The quantitative estimate of drug-likeness (QED) is 0.480. The first kappa shape index (κ1) is 9.70. The van der Waals surface area contributed by atoms with Crippen LogP contribution in [0.2, 0.25) is 0 Å². The van der Waals surface area contributed by atoms with Crippen LogP contribution < -0.4 is 0 Å². The van der Waals surface area contributed by atoms with E-state index in [1.54, 1.807) is 0 Å². The Morgan fingerprint density at radius 2 is 1.17 bits per heavy atom. The van der Waals surface area contributed by atoms with Crippen LogP contribution >= 0.6 is 26.1 Å². The number of rotatable bonds is 0. The zero-order chi connectivity index (χ0) is 4.50. The van der Waals surface area contributed by atoms with E-state index in [1.807, 2.05) is 0 Å². The number of halogens is 3. The molecule has 5 heteroatoms. The van der Waals surface area contributed by atoms with E-state index in [2.05, 4.69) is 12.6 Å². The van der Waals surface area contributed by atoms with Gasteiger partial charge in [-0.25, -0.2) is 0 Å². The molecule has 0 bridgehead atoms. The van der Waals surface area contributed by atoms with Crippen molar-refractivity contribution in [2.75, 3.05) is 0 Å². The minimum Gasteiger partial charge on any atom is -0.197 e. The van der Waals surface area contributed by atoms with Crippen LogP contribution in [0.5, 0.6) is 0 Å². The van der Waals surface area contributed by atoms with E-state index >= 15 is 0 Å². The van der Waals surface area contributed by atoms with Crippen LogP contribution in [0.25, 0.3) is 0 Å². The lowest BCUT2D eigenvalue weighted by Gasteiger charge is -1.87. The Bertz CT molecular complexity index is 24.3. The lowest BCUT2D eigenvalue weighted by Crippen LogP contribution is -1.89. The highest BCUT2D eigenvalue weighted by Gasteiger charge is 2.17. The molecule has 0 unspecified atom stereocenters. The number of thiol groups is 1. The molecule has 0 atom stereocenters. The van der Waals surface area contributed by atoms with Gasteiger partial charge in [-0.3, -0.25) is 0 Å². The normalized spacial score (nSPS) is 10.0. The van der Waals surface area contributed by atoms with Crippen LogP contribution in [-0.4, -0.2) is 5.51 Å². The zero-order valence-corrected chi connectivity index (χ0v) is 4.48. The van der Waals surface area contributed by atoms with Gasteiger partial charge < -0.3 is 0 Å². The second kappa shape index (κ2) is 2.63. The van der Waals surface area contributed by atoms with Crippen molar-refractivity contribution in [2.45, 2.75) is 5.51 Å². The molecule has 0 spiro atoms. The summed E-state index contributed by atoms with van der Waals surface area (Å²) >= 11 is 2.12. The molecule has 0 radical (unpaired) electrons. The minimum absolute atomic E-state index is 0. The van der Waals surface area contributed by atoms with Crippen LogP contribution in [0, 0.1) is 0 Å². The summed E-state index contributed by atoms with van der Waals surface area (Å²) in [5.74, 6) is 0. The number of alkyl halides is 3. The average Bonchev–Trinajstić information content (AvgIpc) is 0.722. The third-order valence-corrected chi connectivity index (χ3v) is 0. The summed E-state index contributed by atoms with van der Waals surface area (Å²) in [5, 5.41) is 0. The SMILES string of the molecule is FC(F)(F)S.S. The molecule has 40 valence electrons. The summed E-state index contributed by atoms with van der Waals surface area (Å²) in [7, 11) is 0. The topological polar surface area (TPSA) is 0 Å². The predicted octanol–water partition coefficient (Wildman–Crippen LogP) is 1.55. The van der Waals surface area contributed by atoms with Crippen LogP contribution in [0.3, 0.4) is 0 Å². The van der Waals surface area contributed by atoms with Crippen LogP contribution in [0.15, 0.2) is 0 Å². The van der Waals surface area contributed by atoms with E-state index in [9.17, 15) is 13.2 Å². The van der Waals surface area contributed by atoms with Crippen molar-refractivity contribution in [3.63, 3.8) is 0 Å². The van der Waals surface area contributed by atoms with Crippen molar-refractivity contribution < 1.29 is 13.2 Å². The van der Waals surface area contributed by atoms with Gasteiger partial charge in [0.2, 0.25) is 0 Å². The Morgan fingerprint density at radius 3 is 1.17 bits per heavy atom. The Hall–Kier alpha value is 0.490. The van der Waals surface area contributed by atoms with E-state index in [0.717, 1.165) is 0 Å². The molecule has 0 aliphatic rings. The van der Waals surface area contributed by atoms with E-state index in [1.165, 1.54) is 0 Å². The highest BCUT2D eigenvalue weighted by molar-refractivity contribution is 7.81. The largest absolute Gasteiger partial charge is 0.438 e. The third kappa shape index (κ3) is 228. The molecular weight excluding hydrogens is 133 g/mol. The molecule has 0 N–H and O–H groups in total. The lowest BCUT2D eigenvalue weighted by atomic mass is 11.6. The summed E-state index contributed by atoms with van der Waals surface area (Å²) in [6, 6.07) is 0. The van der Waals surface area contributed by atoms with Gasteiger partial charge in [0.1, 0.15) is 0 Å². The van der Waals surface area contributed by atoms with Gasteiger partial charge >= 0.3 is 5.51 Å². The third-order valence-electron chi connectivity index (χ3n) is 0. The fraction of sp³-hybridized carbons (Fsp3) is 1.00. The first-order valence-electron chi connectivity index (χ1n) is 0.791. The minimum atomic E-state index is -4.31. The molecular formula is CH3F3S2. The summed E-state index contributed by atoms with van der Waals surface area (Å²) in [6.45, 7) is 0. The second-order valence-corrected chi connectivity index (χ2v) is 0.975. The van der Waals surface area contributed by atoms with E-state index in [-0.39, 0.29) is 13.5 Å². The standard InChI is InChI=1S/CHF3S.H2S/c2-1(3,4)5;/h5H;1H2. The van der Waals surface area contributed by atoms with Gasteiger partial charge in [0.25, 0.3) is 0 Å². The maximum absolute atomic E-state index is 10.2. The smallest absolute Gasteiger partial charge is 0.197 e. The second-order valence-electron chi connectivity index (χ2n) is 0.468. The van der Waals surface area contributed by atoms with Gasteiger partial charge in [-0.15, -0.1) is 0 Å². The van der Waals surface area contributed by atoms with Crippen molar-refractivity contribution in [1.82, 2.24) is 0 Å². The van der Waals surface area contributed by atoms with Crippen molar-refractivity contribution in [1.29, 1.82) is 0 Å². The predicted molar refractivity (Wildman–Crippen MR) is 25.4 cm³/mol. The van der Waals surface area contributed by atoms with Gasteiger partial charge in [0.15, 0.2) is 0 Å². The lowest BCUT2D eigenvalue weighted by molar-refractivity contribution is -0.0303. The Balaban J connectivity index is 0. The zero-order valence-electron chi connectivity index (χ0n) is 2.58. The number of hydrogen-bond donors (Lipinski definition) is 1. The van der Waals surface area contributed by atoms with E-state index < -0.39 is 5.51 Å². The fourth-order valence-electron chi connectivity index (χ4n) is 0. The van der Waals surface area contributed by atoms with Crippen LogP contribution in [-0.2, 0) is 0 Å². The number of hydrogen-bond acceptors (Lipinski definition) is 1. The van der Waals surface area contributed by atoms with E-state index in [4.69, 9.17) is 0 Å². The monoisotopic (exact) mass is 136 g/mol. The molecule has 0 saturated carbocycles. The molecule has 0 rings (SSSR count). The maximum Gasteiger partial charge on any atom is 0.438 e. The Labute approximate surface area is 45.6 Å². The van der Waals surface area contributed by atoms with Crippen molar-refractivity contribution in [2.24, 2.45) is 0 Å². The molecule has 0 heterocycles. The molecule has 0 aromatic carbocycles. The van der Waals surface area contributed by atoms with Gasteiger partial charge in [0.05, 0.1) is 0 Å². The Kier molecular flexibility index (Phi) is 4.25. The molecule has 0 aliphatic carbocycles. The van der Waals surface area contributed by atoms with E-state index in [0.29, 0.717) is 0 Å². The van der Waals surface area contributed by atoms with Crippen molar-refractivity contribution in [3.8, 4) is 0 Å².